The van der Waals surface area contributed by atoms with Crippen molar-refractivity contribution in [2.24, 2.45) is 0 Å². The summed E-state index contributed by atoms with van der Waals surface area (Å²) in [7, 11) is 0. The van der Waals surface area contributed by atoms with Crippen LogP contribution < -0.4 is 11.1 Å². The summed E-state index contributed by atoms with van der Waals surface area (Å²) in [6.45, 7) is 5.37. The molecule has 0 radical (unpaired) electrons. The maximum absolute atomic E-state index is 11.4. The van der Waals surface area contributed by atoms with Crippen molar-refractivity contribution in [3.05, 3.63) is 23.2 Å². The maximum Gasteiger partial charge on any atom is 0.412 e. The lowest BCUT2D eigenvalue weighted by molar-refractivity contribution is 0.0636. The number of hydrogen-bond acceptors (Lipinski definition) is 3. The molecule has 0 aromatic heterocycles. The van der Waals surface area contributed by atoms with Crippen LogP contribution in [0.15, 0.2) is 18.2 Å². The van der Waals surface area contributed by atoms with Gasteiger partial charge in [0.05, 0.1) is 10.7 Å². The number of ether oxygens (including phenoxy) is 1. The van der Waals surface area contributed by atoms with E-state index in [4.69, 9.17) is 22.1 Å². The Morgan fingerprint density at radius 2 is 2.06 bits per heavy atom. The fourth-order valence-electron chi connectivity index (χ4n) is 1.05. The summed E-state index contributed by atoms with van der Waals surface area (Å²) >= 11 is 5.89. The molecular weight excluding hydrogens is 228 g/mol. The van der Waals surface area contributed by atoms with Gasteiger partial charge < -0.3 is 10.5 Å². The fraction of sp³-hybridized carbons (Fsp3) is 0.364. The Morgan fingerprint density at radius 1 is 1.44 bits per heavy atom. The molecule has 0 heterocycles. The Balaban J connectivity index is 2.70. The quantitative estimate of drug-likeness (QED) is 0.743. The molecule has 16 heavy (non-hydrogen) atoms. The number of halogens is 1. The second-order valence-corrected chi connectivity index (χ2v) is 4.77. The van der Waals surface area contributed by atoms with Crippen LogP contribution in [0.2, 0.25) is 5.02 Å². The summed E-state index contributed by atoms with van der Waals surface area (Å²) < 4.78 is 5.09. The number of carbonyl (C=O) groups is 1. The number of nitrogen functional groups attached to an aromatic ring is 1. The van der Waals surface area contributed by atoms with Gasteiger partial charge in [-0.1, -0.05) is 11.6 Å². The molecule has 3 N–H and O–H groups in total. The van der Waals surface area contributed by atoms with Crippen LogP contribution in [0.3, 0.4) is 0 Å². The Hall–Kier alpha value is -1.42. The Morgan fingerprint density at radius 3 is 2.56 bits per heavy atom. The highest BCUT2D eigenvalue weighted by molar-refractivity contribution is 6.33. The Kier molecular flexibility index (Phi) is 3.65. The molecule has 5 heteroatoms. The van der Waals surface area contributed by atoms with Crippen LogP contribution in [0.5, 0.6) is 0 Å². The van der Waals surface area contributed by atoms with Gasteiger partial charge in [-0.25, -0.2) is 4.79 Å². The third-order valence-electron chi connectivity index (χ3n) is 1.63. The molecule has 4 nitrogen and oxygen atoms in total. The SMILES string of the molecule is CC(C)(C)OC(=O)Nc1ccc(N)cc1Cl. The molecule has 0 unspecified atom stereocenters. The van der Waals surface area contributed by atoms with Crippen LogP contribution in [-0.4, -0.2) is 11.7 Å². The molecule has 1 amide bonds. The zero-order valence-electron chi connectivity index (χ0n) is 9.50. The predicted molar refractivity (Wildman–Crippen MR) is 65.7 cm³/mol. The van der Waals surface area contributed by atoms with E-state index in [0.717, 1.165) is 0 Å². The Bertz CT molecular complexity index is 399. The van der Waals surface area contributed by atoms with E-state index in [-0.39, 0.29) is 0 Å². The molecule has 0 spiro atoms. The van der Waals surface area contributed by atoms with Crippen LogP contribution in [0.4, 0.5) is 16.2 Å². The van der Waals surface area contributed by atoms with Crippen molar-refractivity contribution in [1.29, 1.82) is 0 Å². The van der Waals surface area contributed by atoms with Gasteiger partial charge >= 0.3 is 6.09 Å². The van der Waals surface area contributed by atoms with Crippen LogP contribution in [-0.2, 0) is 4.74 Å². The molecule has 0 fully saturated rings. The molecule has 1 aromatic carbocycles. The summed E-state index contributed by atoms with van der Waals surface area (Å²) in [6, 6.07) is 4.84. The largest absolute Gasteiger partial charge is 0.444 e. The van der Waals surface area contributed by atoms with Crippen LogP contribution in [0.25, 0.3) is 0 Å². The summed E-state index contributed by atoms with van der Waals surface area (Å²) in [5.41, 5.74) is 6.01. The summed E-state index contributed by atoms with van der Waals surface area (Å²) in [4.78, 5) is 11.4. The number of carbonyl (C=O) groups excluding carboxylic acids is 1. The minimum Gasteiger partial charge on any atom is -0.444 e. The average molecular weight is 243 g/mol. The van der Waals surface area contributed by atoms with E-state index in [1.807, 2.05) is 0 Å². The van der Waals surface area contributed by atoms with Crippen molar-refractivity contribution < 1.29 is 9.53 Å². The van der Waals surface area contributed by atoms with Gasteiger partial charge in [0.1, 0.15) is 5.60 Å². The first-order valence-corrected chi connectivity index (χ1v) is 5.21. The topological polar surface area (TPSA) is 64.3 Å². The molecule has 0 saturated carbocycles. The highest BCUT2D eigenvalue weighted by atomic mass is 35.5. The minimum atomic E-state index is -0.542. The van der Waals surface area contributed by atoms with Crippen molar-refractivity contribution in [1.82, 2.24) is 0 Å². The predicted octanol–water partition coefficient (Wildman–Crippen LogP) is 3.27. The first kappa shape index (κ1) is 12.6. The van der Waals surface area contributed by atoms with Crippen LogP contribution in [0, 0.1) is 0 Å². The van der Waals surface area contributed by atoms with Crippen molar-refractivity contribution in [3.63, 3.8) is 0 Å². The van der Waals surface area contributed by atoms with Crippen molar-refractivity contribution in [2.45, 2.75) is 26.4 Å². The van der Waals surface area contributed by atoms with Gasteiger partial charge in [-0.05, 0) is 39.0 Å². The van der Waals surface area contributed by atoms with E-state index in [0.29, 0.717) is 16.4 Å². The molecular formula is C11H15ClN2O2. The number of anilines is 2. The third kappa shape index (κ3) is 3.98. The number of benzene rings is 1. The standard InChI is InChI=1S/C11H15ClN2O2/c1-11(2,3)16-10(15)14-9-5-4-7(13)6-8(9)12/h4-6H,13H2,1-3H3,(H,14,15). The van der Waals surface area contributed by atoms with Gasteiger partial charge in [0.15, 0.2) is 0 Å². The third-order valence-corrected chi connectivity index (χ3v) is 1.94. The molecule has 1 aromatic rings. The summed E-state index contributed by atoms with van der Waals surface area (Å²) in [5, 5.41) is 2.93. The number of hydrogen-bond donors (Lipinski definition) is 2. The van der Waals surface area contributed by atoms with E-state index in [1.165, 1.54) is 0 Å². The second kappa shape index (κ2) is 4.61. The van der Waals surface area contributed by atoms with Crippen molar-refractivity contribution in [3.8, 4) is 0 Å². The smallest absolute Gasteiger partial charge is 0.412 e. The molecule has 0 aliphatic rings. The normalized spacial score (nSPS) is 11.0. The maximum atomic E-state index is 11.4. The summed E-state index contributed by atoms with van der Waals surface area (Å²) in [5.74, 6) is 0. The zero-order valence-corrected chi connectivity index (χ0v) is 10.3. The van der Waals surface area contributed by atoms with Gasteiger partial charge in [0.2, 0.25) is 0 Å². The van der Waals surface area contributed by atoms with Crippen molar-refractivity contribution >= 4 is 29.1 Å². The monoisotopic (exact) mass is 242 g/mol. The average Bonchev–Trinajstić information content (AvgIpc) is 2.06. The number of amides is 1. The molecule has 0 saturated heterocycles. The van der Waals surface area contributed by atoms with Gasteiger partial charge in [-0.3, -0.25) is 5.32 Å². The first-order chi connectivity index (χ1) is 7.28. The van der Waals surface area contributed by atoms with Gasteiger partial charge in [-0.15, -0.1) is 0 Å². The zero-order chi connectivity index (χ0) is 12.3. The van der Waals surface area contributed by atoms with Crippen LogP contribution in [0.1, 0.15) is 20.8 Å². The van der Waals surface area contributed by atoms with E-state index < -0.39 is 11.7 Å². The molecule has 1 rings (SSSR count). The van der Waals surface area contributed by atoms with E-state index in [1.54, 1.807) is 39.0 Å². The van der Waals surface area contributed by atoms with E-state index in [9.17, 15) is 4.79 Å². The lowest BCUT2D eigenvalue weighted by Gasteiger charge is -2.20. The molecule has 0 atom stereocenters. The van der Waals surface area contributed by atoms with E-state index >= 15 is 0 Å². The molecule has 0 aliphatic heterocycles. The molecule has 0 bridgehead atoms. The highest BCUT2D eigenvalue weighted by Crippen LogP contribution is 2.24. The fourth-order valence-corrected chi connectivity index (χ4v) is 1.28. The number of nitrogens with two attached hydrogens (primary N) is 1. The summed E-state index contributed by atoms with van der Waals surface area (Å²) in [6.07, 6.45) is -0.542. The molecule has 88 valence electrons. The van der Waals surface area contributed by atoms with Gasteiger partial charge in [-0.2, -0.15) is 0 Å². The number of rotatable bonds is 1. The lowest BCUT2D eigenvalue weighted by Crippen LogP contribution is -2.27. The van der Waals surface area contributed by atoms with Gasteiger partial charge in [0, 0.05) is 5.69 Å². The van der Waals surface area contributed by atoms with Crippen LogP contribution >= 0.6 is 11.6 Å². The molecule has 0 aliphatic carbocycles. The minimum absolute atomic E-state index is 0.380. The Labute approximate surface area is 99.7 Å². The highest BCUT2D eigenvalue weighted by Gasteiger charge is 2.16. The lowest BCUT2D eigenvalue weighted by atomic mass is 10.2. The first-order valence-electron chi connectivity index (χ1n) is 4.83. The second-order valence-electron chi connectivity index (χ2n) is 4.37. The van der Waals surface area contributed by atoms with E-state index in [2.05, 4.69) is 5.32 Å². The number of nitrogens with one attached hydrogen (secondary N) is 1. The van der Waals surface area contributed by atoms with Crippen molar-refractivity contribution in [2.75, 3.05) is 11.1 Å². The van der Waals surface area contributed by atoms with Gasteiger partial charge in [0.25, 0.3) is 0 Å².